The lowest BCUT2D eigenvalue weighted by Crippen LogP contribution is -2.58. The lowest BCUT2D eigenvalue weighted by atomic mass is 10.1. The number of carbonyl (C=O) groups is 4. The molecule has 1 aliphatic carbocycles. The average Bonchev–Trinajstić information content (AvgIpc) is 3.48. The Morgan fingerprint density at radius 2 is 1.87 bits per heavy atom. The minimum Gasteiger partial charge on any atom is -0.444 e. The highest BCUT2D eigenvalue weighted by Crippen LogP contribution is 2.46. The van der Waals surface area contributed by atoms with Crippen LogP contribution >= 0.6 is 11.6 Å². The number of hydrogen-bond acceptors (Lipinski definition) is 8. The van der Waals surface area contributed by atoms with Crippen LogP contribution in [0.4, 0.5) is 4.79 Å². The molecule has 6 rings (SSSR count). The SMILES string of the molecule is N[C@H]1CCCCCC=C[C@@H]2C[C@@]2(C(=O)NS(=O)(=O)N2CCCC2)NC(=O)[C@@H]2C[C@@H](OC(=O)N3Cc4cccc(Cl)c4C3)CN2C1=O. The van der Waals surface area contributed by atoms with Crippen LogP contribution in [0.15, 0.2) is 30.4 Å². The number of carbonyl (C=O) groups excluding carboxylic acids is 4. The lowest BCUT2D eigenvalue weighted by Gasteiger charge is -2.28. The molecule has 4 N–H and O–H groups in total. The van der Waals surface area contributed by atoms with Crippen molar-refractivity contribution in [3.63, 3.8) is 0 Å². The van der Waals surface area contributed by atoms with Crippen molar-refractivity contribution >= 4 is 45.6 Å². The van der Waals surface area contributed by atoms with Crippen molar-refractivity contribution in [2.24, 2.45) is 11.7 Å². The van der Waals surface area contributed by atoms with Crippen molar-refractivity contribution < 1.29 is 32.3 Å². The van der Waals surface area contributed by atoms with Crippen LogP contribution in [0.1, 0.15) is 68.9 Å². The fourth-order valence-corrected chi connectivity index (χ4v) is 8.53. The third kappa shape index (κ3) is 6.62. The van der Waals surface area contributed by atoms with Gasteiger partial charge in [-0.1, -0.05) is 48.7 Å². The monoisotopic (exact) mass is 676 g/mol. The number of allylic oxidation sites excluding steroid dienone is 1. The van der Waals surface area contributed by atoms with Gasteiger partial charge >= 0.3 is 16.3 Å². The molecule has 1 aromatic carbocycles. The van der Waals surface area contributed by atoms with E-state index < -0.39 is 63.7 Å². The van der Waals surface area contributed by atoms with Gasteiger partial charge in [-0.05, 0) is 55.7 Å². The molecule has 0 aromatic heterocycles. The van der Waals surface area contributed by atoms with Crippen LogP contribution in [0.3, 0.4) is 0 Å². The predicted molar refractivity (Wildman–Crippen MR) is 168 cm³/mol. The van der Waals surface area contributed by atoms with Gasteiger partial charge < -0.3 is 20.7 Å². The normalized spacial score (nSPS) is 30.5. The van der Waals surface area contributed by atoms with Crippen molar-refractivity contribution in [1.82, 2.24) is 24.1 Å². The number of fused-ring (bicyclic) bond motifs is 3. The highest BCUT2D eigenvalue weighted by molar-refractivity contribution is 7.87. The van der Waals surface area contributed by atoms with Crippen molar-refractivity contribution in [2.45, 2.75) is 94.6 Å². The molecule has 5 aliphatic rings. The van der Waals surface area contributed by atoms with Crippen LogP contribution in [0.5, 0.6) is 0 Å². The first-order valence-corrected chi connectivity index (χ1v) is 17.9. The molecule has 0 unspecified atom stereocenters. The number of halogens is 1. The summed E-state index contributed by atoms with van der Waals surface area (Å²) in [4.78, 5) is 57.2. The topological polar surface area (TPSA) is 171 Å². The zero-order valence-electron chi connectivity index (χ0n) is 25.7. The van der Waals surface area contributed by atoms with E-state index in [9.17, 15) is 27.6 Å². The molecule has 2 saturated heterocycles. The Bertz CT molecular complexity index is 1530. The van der Waals surface area contributed by atoms with E-state index >= 15 is 0 Å². The minimum absolute atomic E-state index is 0.00184. The van der Waals surface area contributed by atoms with Crippen LogP contribution in [-0.4, -0.2) is 89.7 Å². The Labute approximate surface area is 274 Å². The van der Waals surface area contributed by atoms with Crippen LogP contribution in [0, 0.1) is 5.92 Å². The van der Waals surface area contributed by atoms with Crippen LogP contribution in [0.2, 0.25) is 5.02 Å². The standard InChI is InChI=1S/C31H41ClN6O7S/c32-24-11-8-9-20-17-36(19-23(20)24)30(42)45-22-15-26-27(39)34-31(29(41)35-46(43,44)37-13-6-7-14-37)16-21(31)10-4-2-1-3-5-12-25(33)28(40)38(26)18-22/h4,8-11,21-22,25-26H,1-3,5-7,12-19,33H2,(H,34,39)(H,35,41)/t21-,22-,25+,26+,31-/m1/s1. The zero-order chi connectivity index (χ0) is 32.6. The molecule has 0 radical (unpaired) electrons. The highest BCUT2D eigenvalue weighted by atomic mass is 35.5. The summed E-state index contributed by atoms with van der Waals surface area (Å²) in [6.07, 6.45) is 7.67. The van der Waals surface area contributed by atoms with Gasteiger partial charge in [-0.2, -0.15) is 12.7 Å². The maximum Gasteiger partial charge on any atom is 0.410 e. The highest BCUT2D eigenvalue weighted by Gasteiger charge is 2.62. The Balaban J connectivity index is 1.20. The molecule has 250 valence electrons. The van der Waals surface area contributed by atoms with Crippen molar-refractivity contribution in [3.8, 4) is 0 Å². The van der Waals surface area contributed by atoms with Gasteiger partial charge in [0.1, 0.15) is 17.7 Å². The van der Waals surface area contributed by atoms with E-state index in [1.165, 1.54) is 14.1 Å². The van der Waals surface area contributed by atoms with E-state index in [0.29, 0.717) is 43.9 Å². The van der Waals surface area contributed by atoms with E-state index in [-0.39, 0.29) is 25.9 Å². The molecular formula is C31H41ClN6O7S. The number of nitrogens with zero attached hydrogens (tertiary/aromatic N) is 3. The maximum atomic E-state index is 14.0. The van der Waals surface area contributed by atoms with E-state index in [1.54, 1.807) is 6.07 Å². The van der Waals surface area contributed by atoms with E-state index in [2.05, 4.69) is 10.0 Å². The number of nitrogens with two attached hydrogens (primary N) is 1. The van der Waals surface area contributed by atoms with Crippen LogP contribution in [-0.2, 0) is 42.4 Å². The largest absolute Gasteiger partial charge is 0.444 e. The molecule has 3 fully saturated rings. The molecule has 1 saturated carbocycles. The summed E-state index contributed by atoms with van der Waals surface area (Å²) in [6.45, 7) is 1.21. The van der Waals surface area contributed by atoms with Gasteiger partial charge in [-0.3, -0.25) is 19.3 Å². The van der Waals surface area contributed by atoms with Gasteiger partial charge in [0, 0.05) is 37.0 Å². The maximum absolute atomic E-state index is 14.0. The first-order valence-electron chi connectivity index (χ1n) is 16.1. The third-order valence-corrected chi connectivity index (χ3v) is 11.6. The van der Waals surface area contributed by atoms with Crippen molar-refractivity contribution in [3.05, 3.63) is 46.5 Å². The summed E-state index contributed by atoms with van der Waals surface area (Å²) in [6, 6.07) is 3.56. The predicted octanol–water partition coefficient (Wildman–Crippen LogP) is 1.94. The smallest absolute Gasteiger partial charge is 0.410 e. The molecule has 4 heterocycles. The second-order valence-electron chi connectivity index (χ2n) is 13.0. The van der Waals surface area contributed by atoms with Gasteiger partial charge in [0.25, 0.3) is 5.91 Å². The lowest BCUT2D eigenvalue weighted by molar-refractivity contribution is -0.140. The van der Waals surface area contributed by atoms with Crippen LogP contribution < -0.4 is 15.8 Å². The van der Waals surface area contributed by atoms with Crippen molar-refractivity contribution in [1.29, 1.82) is 0 Å². The third-order valence-electron chi connectivity index (χ3n) is 9.76. The second-order valence-corrected chi connectivity index (χ2v) is 15.0. The molecule has 4 amide bonds. The molecule has 15 heteroatoms. The van der Waals surface area contributed by atoms with Gasteiger partial charge in [-0.15, -0.1) is 0 Å². The molecule has 0 spiro atoms. The number of nitrogens with one attached hydrogen (secondary N) is 2. The molecule has 1 aromatic rings. The van der Waals surface area contributed by atoms with Crippen molar-refractivity contribution in [2.75, 3.05) is 19.6 Å². The van der Waals surface area contributed by atoms with Gasteiger partial charge in [0.2, 0.25) is 11.8 Å². The Morgan fingerprint density at radius 3 is 2.63 bits per heavy atom. The summed E-state index contributed by atoms with van der Waals surface area (Å²) in [7, 11) is -4.08. The van der Waals surface area contributed by atoms with Gasteiger partial charge in [-0.25, -0.2) is 9.52 Å². The summed E-state index contributed by atoms with van der Waals surface area (Å²) in [5, 5.41) is 3.38. The summed E-state index contributed by atoms with van der Waals surface area (Å²) >= 11 is 6.32. The molecule has 0 bridgehead atoms. The quantitative estimate of drug-likeness (QED) is 0.406. The molecule has 5 atom stereocenters. The van der Waals surface area contributed by atoms with Gasteiger partial charge in [0.05, 0.1) is 19.1 Å². The first-order chi connectivity index (χ1) is 22.0. The minimum atomic E-state index is -4.08. The number of amides is 4. The van der Waals surface area contributed by atoms with Gasteiger partial charge in [0.15, 0.2) is 0 Å². The Hall–Kier alpha value is -3.20. The fraction of sp³-hybridized carbons (Fsp3) is 0.613. The average molecular weight is 677 g/mol. The number of hydrogen-bond donors (Lipinski definition) is 3. The van der Waals surface area contributed by atoms with Crippen LogP contribution in [0.25, 0.3) is 0 Å². The fourth-order valence-electron chi connectivity index (χ4n) is 6.99. The van der Waals surface area contributed by atoms with E-state index in [4.69, 9.17) is 22.1 Å². The second kappa shape index (κ2) is 13.1. The summed E-state index contributed by atoms with van der Waals surface area (Å²) < 4.78 is 35.2. The molecule has 46 heavy (non-hydrogen) atoms. The van der Waals surface area contributed by atoms with E-state index in [0.717, 1.165) is 36.8 Å². The molecular weight excluding hydrogens is 636 g/mol. The first kappa shape index (κ1) is 32.7. The summed E-state index contributed by atoms with van der Waals surface area (Å²) in [5.74, 6) is -2.29. The Kier molecular flexibility index (Phi) is 9.34. The number of rotatable bonds is 4. The van der Waals surface area contributed by atoms with E-state index in [1.807, 2.05) is 24.3 Å². The zero-order valence-corrected chi connectivity index (χ0v) is 27.2. The molecule has 13 nitrogen and oxygen atoms in total. The number of benzene rings is 1. The molecule has 4 aliphatic heterocycles. The summed E-state index contributed by atoms with van der Waals surface area (Å²) in [5.41, 5.74) is 6.59. The number of ether oxygens (including phenoxy) is 1. The Morgan fingerprint density at radius 1 is 1.09 bits per heavy atom.